The minimum absolute atomic E-state index is 0. The molecule has 4 nitrogen and oxygen atoms in total. The Labute approximate surface area is 141 Å². The molecule has 113 valence electrons. The monoisotopic (exact) mass is 305 g/mol. The van der Waals surface area contributed by atoms with Crippen LogP contribution in [0.4, 0.5) is 0 Å². The first-order valence-corrected chi connectivity index (χ1v) is 8.37. The van der Waals surface area contributed by atoms with E-state index in [1.54, 1.807) is 0 Å². The predicted octanol–water partition coefficient (Wildman–Crippen LogP) is 3.98. The fourth-order valence-electron chi connectivity index (χ4n) is 1.56. The van der Waals surface area contributed by atoms with Crippen molar-refractivity contribution in [2.24, 2.45) is 0 Å². The normalized spacial score (nSPS) is 10.3. The summed E-state index contributed by atoms with van der Waals surface area (Å²) in [6.45, 7) is 4.56. The summed E-state index contributed by atoms with van der Waals surface area (Å²) in [5, 5.41) is 0. The van der Waals surface area contributed by atoms with Gasteiger partial charge in [0.2, 0.25) is 0 Å². The largest absolute Gasteiger partial charge is 0.397 e. The second-order valence-corrected chi connectivity index (χ2v) is 5.61. The molecule has 1 N–H and O–H groups in total. The van der Waals surface area contributed by atoms with E-state index >= 15 is 0 Å². The van der Waals surface area contributed by atoms with Gasteiger partial charge in [-0.1, -0.05) is 78.1 Å². The third-order valence-electron chi connectivity index (χ3n) is 2.67. The Bertz CT molecular complexity index is 233. The van der Waals surface area contributed by atoms with Crippen molar-refractivity contribution in [1.29, 1.82) is 0 Å². The van der Waals surface area contributed by atoms with Gasteiger partial charge >= 0.3 is 10.4 Å². The molecule has 0 aromatic heterocycles. The van der Waals surface area contributed by atoms with Crippen LogP contribution < -0.4 is 0 Å². The van der Waals surface area contributed by atoms with Gasteiger partial charge in [0, 0.05) is 29.6 Å². The van der Waals surface area contributed by atoms with E-state index in [4.69, 9.17) is 4.55 Å². The molecule has 0 aliphatic heterocycles. The van der Waals surface area contributed by atoms with Gasteiger partial charge in [-0.2, -0.15) is 8.42 Å². The van der Waals surface area contributed by atoms with E-state index in [9.17, 15) is 8.42 Å². The molecule has 0 aromatic carbocycles. The molecule has 0 aromatic rings. The molecule has 19 heavy (non-hydrogen) atoms. The summed E-state index contributed by atoms with van der Waals surface area (Å²) >= 11 is 0. The molecule has 0 saturated carbocycles. The first-order valence-electron chi connectivity index (χ1n) is 7.01. The van der Waals surface area contributed by atoms with E-state index in [1.807, 2.05) is 0 Å². The van der Waals surface area contributed by atoms with Crippen LogP contribution in [0.15, 0.2) is 0 Å². The smallest absolute Gasteiger partial charge is 0.264 e. The molecule has 0 spiro atoms. The third-order valence-corrected chi connectivity index (χ3v) is 3.09. The summed E-state index contributed by atoms with van der Waals surface area (Å²) in [7, 11) is -3.29. The fraction of sp³-hybridized carbons (Fsp3) is 1.00. The Morgan fingerprint density at radius 1 is 0.789 bits per heavy atom. The maximum absolute atomic E-state index is 9.33. The number of unbranched alkanes of at least 4 members (excludes halogenated alkanes) is 9. The molecule has 6 heteroatoms. The van der Waals surface area contributed by atoms with Crippen molar-refractivity contribution in [3.05, 3.63) is 0 Å². The molecule has 0 aliphatic rings. The average Bonchev–Trinajstić information content (AvgIpc) is 2.33. The van der Waals surface area contributed by atoms with Crippen LogP contribution in [-0.2, 0) is 14.6 Å². The van der Waals surface area contributed by atoms with Crippen LogP contribution in [0.2, 0.25) is 0 Å². The van der Waals surface area contributed by atoms with E-state index < -0.39 is 10.4 Å². The number of hydrogen-bond acceptors (Lipinski definition) is 3. The molecule has 1 radical (unpaired) electrons. The van der Waals surface area contributed by atoms with Crippen LogP contribution >= 0.6 is 0 Å². The molecule has 0 amide bonds. The molecular formula is C13H30NaO4S. The van der Waals surface area contributed by atoms with E-state index in [2.05, 4.69) is 18.0 Å². The molecule has 0 heterocycles. The van der Waals surface area contributed by atoms with Crippen molar-refractivity contribution >= 4 is 40.0 Å². The van der Waals surface area contributed by atoms with Crippen LogP contribution in [-0.4, -0.2) is 49.6 Å². The van der Waals surface area contributed by atoms with Crippen LogP contribution in [0, 0.1) is 0 Å². The molecule has 0 atom stereocenters. The predicted molar refractivity (Wildman–Crippen MR) is 81.8 cm³/mol. The second kappa shape index (κ2) is 18.9. The van der Waals surface area contributed by atoms with Gasteiger partial charge in [0.15, 0.2) is 0 Å². The zero-order valence-corrected chi connectivity index (χ0v) is 16.0. The van der Waals surface area contributed by atoms with Crippen molar-refractivity contribution in [2.45, 2.75) is 78.1 Å². The minimum Gasteiger partial charge on any atom is -0.264 e. The minimum atomic E-state index is -4.16. The summed E-state index contributed by atoms with van der Waals surface area (Å²) in [4.78, 5) is 0. The maximum atomic E-state index is 9.33. The van der Waals surface area contributed by atoms with Crippen LogP contribution in [0.5, 0.6) is 0 Å². The van der Waals surface area contributed by atoms with Crippen LogP contribution in [0.1, 0.15) is 78.1 Å². The Hall–Kier alpha value is 0.870. The number of hydrogen-bond donors (Lipinski definition) is 1. The Morgan fingerprint density at radius 2 is 1.00 bits per heavy atom. The summed E-state index contributed by atoms with van der Waals surface area (Å²) < 4.78 is 29.7. The standard InChI is InChI=1S/C12H26.CH4O4S.Na/c1-3-5-7-9-11-12-10-8-6-4-2;1-5-6(2,3)4;/h3-12H2,1-2H3;1H3,(H,2,3,4);. The SMILES string of the molecule is CCCCCCCCCCCC.COS(=O)(=O)O.[Na]. The number of rotatable bonds is 10. The van der Waals surface area contributed by atoms with Gasteiger partial charge in [-0.05, 0) is 0 Å². The van der Waals surface area contributed by atoms with E-state index in [0.717, 1.165) is 7.11 Å². The van der Waals surface area contributed by atoms with Gasteiger partial charge in [0.05, 0.1) is 7.11 Å². The zero-order valence-electron chi connectivity index (χ0n) is 13.2. The van der Waals surface area contributed by atoms with Gasteiger partial charge in [-0.25, -0.2) is 0 Å². The fourth-order valence-corrected chi connectivity index (χ4v) is 1.56. The molecule has 0 bridgehead atoms. The summed E-state index contributed by atoms with van der Waals surface area (Å²) in [6.07, 6.45) is 14.4. The molecular weight excluding hydrogens is 275 g/mol. The molecule has 0 aliphatic carbocycles. The summed E-state index contributed by atoms with van der Waals surface area (Å²) in [5.41, 5.74) is 0. The Morgan fingerprint density at radius 3 is 1.16 bits per heavy atom. The van der Waals surface area contributed by atoms with Crippen molar-refractivity contribution in [3.63, 3.8) is 0 Å². The van der Waals surface area contributed by atoms with Crippen molar-refractivity contribution in [1.82, 2.24) is 0 Å². The van der Waals surface area contributed by atoms with Gasteiger partial charge in [-0.15, -0.1) is 0 Å². The van der Waals surface area contributed by atoms with Gasteiger partial charge < -0.3 is 0 Å². The third kappa shape index (κ3) is 32.4. The van der Waals surface area contributed by atoms with Gasteiger partial charge in [0.1, 0.15) is 0 Å². The van der Waals surface area contributed by atoms with Gasteiger partial charge in [-0.3, -0.25) is 8.74 Å². The maximum Gasteiger partial charge on any atom is 0.397 e. The molecule has 0 rings (SSSR count). The summed E-state index contributed by atoms with van der Waals surface area (Å²) in [5.74, 6) is 0. The molecule has 0 fully saturated rings. The van der Waals surface area contributed by atoms with Crippen LogP contribution in [0.3, 0.4) is 0 Å². The second-order valence-electron chi connectivity index (χ2n) is 4.42. The Kier molecular flexibility index (Phi) is 24.7. The summed E-state index contributed by atoms with van der Waals surface area (Å²) in [6, 6.07) is 0. The first-order chi connectivity index (χ1) is 8.47. The zero-order chi connectivity index (χ0) is 14.3. The van der Waals surface area contributed by atoms with Crippen molar-refractivity contribution in [2.75, 3.05) is 7.11 Å². The van der Waals surface area contributed by atoms with Gasteiger partial charge in [0.25, 0.3) is 0 Å². The molecule has 0 saturated heterocycles. The average molecular weight is 305 g/mol. The van der Waals surface area contributed by atoms with E-state index in [1.165, 1.54) is 64.2 Å². The Balaban J connectivity index is -0.000000313. The van der Waals surface area contributed by atoms with Crippen LogP contribution in [0.25, 0.3) is 0 Å². The van der Waals surface area contributed by atoms with Crippen molar-refractivity contribution in [3.8, 4) is 0 Å². The quantitative estimate of drug-likeness (QED) is 0.377. The van der Waals surface area contributed by atoms with E-state index in [-0.39, 0.29) is 29.6 Å². The van der Waals surface area contributed by atoms with Crippen molar-refractivity contribution < 1.29 is 17.2 Å². The molecule has 0 unspecified atom stereocenters. The topological polar surface area (TPSA) is 63.6 Å². The first kappa shape index (κ1) is 24.9. The van der Waals surface area contributed by atoms with E-state index in [0.29, 0.717) is 0 Å².